The second-order valence-electron chi connectivity index (χ2n) is 5.97. The van der Waals surface area contributed by atoms with Crippen molar-refractivity contribution >= 4 is 40.8 Å². The predicted molar refractivity (Wildman–Crippen MR) is 83.0 cm³/mol. The molecule has 1 saturated heterocycles. The van der Waals surface area contributed by atoms with Crippen LogP contribution in [-0.4, -0.2) is 64.0 Å². The fourth-order valence-corrected chi connectivity index (χ4v) is 13.1. The van der Waals surface area contributed by atoms with Gasteiger partial charge in [-0.05, 0) is 13.1 Å². The Hall–Kier alpha value is -1.93. The Morgan fingerprint density at radius 2 is 1.12 bits per heavy atom. The largest absolute Gasteiger partial charge is 0.415 e. The lowest BCUT2D eigenvalue weighted by Gasteiger charge is -2.48. The van der Waals surface area contributed by atoms with Gasteiger partial charge in [0.15, 0.2) is 0 Å². The Morgan fingerprint density at radius 3 is 1.42 bits per heavy atom. The van der Waals surface area contributed by atoms with Crippen LogP contribution < -0.4 is 0 Å². The molecule has 0 bridgehead atoms. The number of hydrogen-bond acceptors (Lipinski definition) is 7. The standard InChI is InChI=1S/C13H16N2O7Si2/c1-23(20-7-14-10(16)3-4-11(14)17)9-24(2,22-23)21-8-15-12(18)5-6-13(15)19/h3-6H,7-9H2,1-2H3. The molecule has 1 fully saturated rings. The third-order valence-electron chi connectivity index (χ3n) is 3.87. The summed E-state index contributed by atoms with van der Waals surface area (Å²) in [5.74, 6) is -1.64. The summed E-state index contributed by atoms with van der Waals surface area (Å²) in [7, 11) is -5.02. The maximum absolute atomic E-state index is 11.5. The van der Waals surface area contributed by atoms with Crippen molar-refractivity contribution in [1.82, 2.24) is 9.80 Å². The Balaban J connectivity index is 1.46. The van der Waals surface area contributed by atoms with Crippen molar-refractivity contribution in [1.29, 1.82) is 0 Å². The average molecular weight is 368 g/mol. The minimum atomic E-state index is -2.51. The van der Waals surface area contributed by atoms with Crippen molar-refractivity contribution in [2.45, 2.75) is 18.8 Å². The first-order chi connectivity index (χ1) is 11.2. The molecule has 3 rings (SSSR count). The molecular weight excluding hydrogens is 352 g/mol. The Labute approximate surface area is 139 Å². The summed E-state index contributed by atoms with van der Waals surface area (Å²) in [6.07, 6.45) is 4.77. The first-order valence-electron chi connectivity index (χ1n) is 7.27. The monoisotopic (exact) mass is 368 g/mol. The molecule has 0 radical (unpaired) electrons. The highest BCUT2D eigenvalue weighted by Gasteiger charge is 2.59. The lowest BCUT2D eigenvalue weighted by atomic mass is 10.6. The van der Waals surface area contributed by atoms with Gasteiger partial charge in [-0.2, -0.15) is 0 Å². The van der Waals surface area contributed by atoms with Gasteiger partial charge in [-0.1, -0.05) is 0 Å². The molecule has 0 aliphatic carbocycles. The predicted octanol–water partition coefficient (Wildman–Crippen LogP) is -0.502. The normalized spacial score (nSPS) is 32.2. The van der Waals surface area contributed by atoms with E-state index in [4.69, 9.17) is 13.0 Å². The molecule has 3 heterocycles. The van der Waals surface area contributed by atoms with E-state index >= 15 is 0 Å². The van der Waals surface area contributed by atoms with Gasteiger partial charge >= 0.3 is 17.1 Å². The molecule has 2 atom stereocenters. The summed E-state index contributed by atoms with van der Waals surface area (Å²) < 4.78 is 17.2. The minimum absolute atomic E-state index is 0.148. The fraction of sp³-hybridized carbons (Fsp3) is 0.385. The molecule has 4 amide bonds. The van der Waals surface area contributed by atoms with Gasteiger partial charge in [-0.25, -0.2) is 0 Å². The third-order valence-corrected chi connectivity index (χ3v) is 13.9. The Bertz CT molecular complexity index is 592. The van der Waals surface area contributed by atoms with Crippen LogP contribution in [0.15, 0.2) is 24.3 Å². The zero-order valence-corrected chi connectivity index (χ0v) is 15.2. The number of carbonyl (C=O) groups excluding carboxylic acids is 4. The molecule has 2 unspecified atom stereocenters. The topological polar surface area (TPSA) is 102 Å². The van der Waals surface area contributed by atoms with Crippen molar-refractivity contribution in [3.05, 3.63) is 24.3 Å². The molecule has 128 valence electrons. The molecule has 0 aromatic rings. The van der Waals surface area contributed by atoms with E-state index in [0.29, 0.717) is 5.67 Å². The molecule has 0 spiro atoms. The van der Waals surface area contributed by atoms with Gasteiger partial charge in [0.25, 0.3) is 23.6 Å². The van der Waals surface area contributed by atoms with Gasteiger partial charge in [0.05, 0.1) is 0 Å². The van der Waals surface area contributed by atoms with Crippen molar-refractivity contribution in [2.24, 2.45) is 0 Å². The zero-order valence-electron chi connectivity index (χ0n) is 13.2. The molecule has 0 aromatic carbocycles. The van der Waals surface area contributed by atoms with Crippen LogP contribution in [0.25, 0.3) is 0 Å². The molecule has 11 heteroatoms. The summed E-state index contributed by atoms with van der Waals surface area (Å²) in [5, 5.41) is 0. The van der Waals surface area contributed by atoms with Crippen LogP contribution >= 0.6 is 0 Å². The first kappa shape index (κ1) is 16.9. The highest BCUT2D eigenvalue weighted by atomic mass is 28.5. The molecule has 3 aliphatic heterocycles. The summed E-state index contributed by atoms with van der Waals surface area (Å²) in [6, 6.07) is 0. The van der Waals surface area contributed by atoms with E-state index < -0.39 is 40.8 Å². The molecule has 0 aromatic heterocycles. The number of carbonyl (C=O) groups is 4. The van der Waals surface area contributed by atoms with Gasteiger partial charge in [-0.3, -0.25) is 29.0 Å². The van der Waals surface area contributed by atoms with Gasteiger partial charge in [0.2, 0.25) is 0 Å². The Kier molecular flexibility index (Phi) is 4.13. The highest BCUT2D eigenvalue weighted by Crippen LogP contribution is 2.37. The van der Waals surface area contributed by atoms with Crippen molar-refractivity contribution in [3.8, 4) is 0 Å². The van der Waals surface area contributed by atoms with E-state index in [2.05, 4.69) is 0 Å². The molecule has 0 N–H and O–H groups in total. The van der Waals surface area contributed by atoms with Crippen molar-refractivity contribution in [3.63, 3.8) is 0 Å². The smallest absolute Gasteiger partial charge is 0.329 e. The number of rotatable bonds is 6. The van der Waals surface area contributed by atoms with E-state index in [0.717, 1.165) is 9.80 Å². The van der Waals surface area contributed by atoms with Crippen LogP contribution in [0.2, 0.25) is 18.8 Å². The maximum Gasteiger partial charge on any atom is 0.329 e. The van der Waals surface area contributed by atoms with Crippen LogP contribution in [-0.2, 0) is 32.1 Å². The van der Waals surface area contributed by atoms with Crippen molar-refractivity contribution in [2.75, 3.05) is 13.5 Å². The minimum Gasteiger partial charge on any atom is -0.415 e. The molecular formula is C13H16N2O7Si2. The van der Waals surface area contributed by atoms with Gasteiger partial charge < -0.3 is 13.0 Å². The number of amides is 4. The fourth-order valence-electron chi connectivity index (χ4n) is 2.71. The number of hydrogen-bond donors (Lipinski definition) is 0. The molecule has 9 nitrogen and oxygen atoms in total. The van der Waals surface area contributed by atoms with Crippen LogP contribution in [0.5, 0.6) is 0 Å². The maximum atomic E-state index is 11.5. The second kappa shape index (κ2) is 5.86. The molecule has 3 aliphatic rings. The van der Waals surface area contributed by atoms with E-state index in [1.165, 1.54) is 24.3 Å². The SMILES string of the molecule is C[Si]1(OCN2C(=O)C=CC2=O)C[Si](C)(OCN2C(=O)C=CC2=O)O1. The summed E-state index contributed by atoms with van der Waals surface area (Å²) in [5.41, 5.74) is 0.577. The average Bonchev–Trinajstić information content (AvgIpc) is 2.97. The van der Waals surface area contributed by atoms with Crippen LogP contribution in [0.4, 0.5) is 0 Å². The lowest BCUT2D eigenvalue weighted by Crippen LogP contribution is -2.68. The highest BCUT2D eigenvalue weighted by molar-refractivity contribution is 6.98. The summed E-state index contributed by atoms with van der Waals surface area (Å²) >= 11 is 0. The van der Waals surface area contributed by atoms with Crippen LogP contribution in [0.1, 0.15) is 0 Å². The Morgan fingerprint density at radius 1 is 0.833 bits per heavy atom. The van der Waals surface area contributed by atoms with Gasteiger partial charge in [0.1, 0.15) is 13.5 Å². The molecule has 0 saturated carbocycles. The van der Waals surface area contributed by atoms with E-state index in [1.54, 1.807) is 0 Å². The van der Waals surface area contributed by atoms with Crippen molar-refractivity contribution < 1.29 is 32.1 Å². The lowest BCUT2D eigenvalue weighted by molar-refractivity contribution is -0.141. The quantitative estimate of drug-likeness (QED) is 0.460. The first-order valence-corrected chi connectivity index (χ1v) is 12.3. The van der Waals surface area contributed by atoms with E-state index in [-0.39, 0.29) is 13.5 Å². The summed E-state index contributed by atoms with van der Waals surface area (Å²) in [6.45, 7) is 3.34. The number of nitrogens with zero attached hydrogens (tertiary/aromatic N) is 2. The number of imide groups is 2. The zero-order chi connectivity index (χ0) is 17.5. The van der Waals surface area contributed by atoms with Crippen LogP contribution in [0.3, 0.4) is 0 Å². The second-order valence-corrected chi connectivity index (χ2v) is 13.3. The van der Waals surface area contributed by atoms with Gasteiger partial charge in [0, 0.05) is 30.0 Å². The molecule has 24 heavy (non-hydrogen) atoms. The van der Waals surface area contributed by atoms with Crippen LogP contribution in [0, 0.1) is 0 Å². The van der Waals surface area contributed by atoms with Gasteiger partial charge in [-0.15, -0.1) is 0 Å². The summed E-state index contributed by atoms with van der Waals surface area (Å²) in [4.78, 5) is 47.9. The third kappa shape index (κ3) is 3.16. The van der Waals surface area contributed by atoms with E-state index in [1.807, 2.05) is 13.1 Å². The van der Waals surface area contributed by atoms with E-state index in [9.17, 15) is 19.2 Å².